The summed E-state index contributed by atoms with van der Waals surface area (Å²) >= 11 is 6.07. The number of nitrogens with zero attached hydrogens (tertiary/aromatic N) is 1. The maximum absolute atomic E-state index is 13.0. The van der Waals surface area contributed by atoms with Crippen LogP contribution < -0.4 is 19.1 Å². The molecule has 2 aromatic rings. The summed E-state index contributed by atoms with van der Waals surface area (Å²) < 4.78 is 36.7. The Morgan fingerprint density at radius 3 is 2.46 bits per heavy atom. The van der Waals surface area contributed by atoms with Gasteiger partial charge in [-0.25, -0.2) is 8.42 Å². The highest BCUT2D eigenvalue weighted by atomic mass is 35.5. The maximum Gasteiger partial charge on any atom is 0.248 e. The van der Waals surface area contributed by atoms with E-state index >= 15 is 0 Å². The molecule has 28 heavy (non-hydrogen) atoms. The topological polar surface area (TPSA) is 84.9 Å². The molecule has 2 aromatic carbocycles. The second kappa shape index (κ2) is 9.16. The lowest BCUT2D eigenvalue weighted by atomic mass is 10.1. The summed E-state index contributed by atoms with van der Waals surface area (Å²) in [4.78, 5) is 13.0. The van der Waals surface area contributed by atoms with Crippen molar-refractivity contribution in [3.63, 3.8) is 0 Å². The van der Waals surface area contributed by atoms with Crippen molar-refractivity contribution in [2.75, 3.05) is 30.1 Å². The Morgan fingerprint density at radius 1 is 1.18 bits per heavy atom. The average molecular weight is 427 g/mol. The lowest BCUT2D eigenvalue weighted by Crippen LogP contribution is -2.47. The Labute approximate surface area is 170 Å². The number of hydrogen-bond donors (Lipinski definition) is 1. The second-order valence-corrected chi connectivity index (χ2v) is 8.32. The van der Waals surface area contributed by atoms with Gasteiger partial charge in [-0.05, 0) is 36.8 Å². The van der Waals surface area contributed by atoms with Crippen molar-refractivity contribution < 1.29 is 22.7 Å². The van der Waals surface area contributed by atoms with Gasteiger partial charge in [0.05, 0.1) is 26.2 Å². The van der Waals surface area contributed by atoms with E-state index in [0.717, 1.165) is 10.6 Å². The van der Waals surface area contributed by atoms with E-state index in [-0.39, 0.29) is 12.1 Å². The number of sulfonamides is 1. The zero-order valence-electron chi connectivity index (χ0n) is 16.1. The van der Waals surface area contributed by atoms with Crippen LogP contribution in [0.15, 0.2) is 42.5 Å². The first-order chi connectivity index (χ1) is 13.2. The molecule has 0 fully saturated rings. The first-order valence-electron chi connectivity index (χ1n) is 8.49. The largest absolute Gasteiger partial charge is 0.497 e. The van der Waals surface area contributed by atoms with Crippen molar-refractivity contribution in [3.8, 4) is 11.5 Å². The van der Waals surface area contributed by atoms with Gasteiger partial charge in [-0.15, -0.1) is 0 Å². The summed E-state index contributed by atoms with van der Waals surface area (Å²) in [6.45, 7) is 1.73. The van der Waals surface area contributed by atoms with Crippen LogP contribution in [0.4, 0.5) is 11.4 Å². The molecular formula is C19H23ClN2O5S. The fraction of sp³-hybridized carbons (Fsp3) is 0.316. The molecule has 0 saturated carbocycles. The number of benzene rings is 2. The van der Waals surface area contributed by atoms with Crippen molar-refractivity contribution in [3.05, 3.63) is 47.5 Å². The molecular weight excluding hydrogens is 404 g/mol. The molecule has 0 aromatic heterocycles. The van der Waals surface area contributed by atoms with E-state index < -0.39 is 22.0 Å². The zero-order chi connectivity index (χ0) is 20.9. The Hall–Kier alpha value is -2.45. The van der Waals surface area contributed by atoms with E-state index in [2.05, 4.69) is 5.32 Å². The number of ether oxygens (including phenoxy) is 2. The van der Waals surface area contributed by atoms with Gasteiger partial charge in [0.15, 0.2) is 0 Å². The lowest BCUT2D eigenvalue weighted by molar-refractivity contribution is -0.117. The molecule has 1 atom stereocenters. The third-order valence-electron chi connectivity index (χ3n) is 4.05. The summed E-state index contributed by atoms with van der Waals surface area (Å²) in [6, 6.07) is 10.4. The van der Waals surface area contributed by atoms with Gasteiger partial charge in [-0.3, -0.25) is 9.10 Å². The SMILES string of the molecule is CCC(C(=O)Nc1cccc(OC)c1)N(c1cc(Cl)ccc1OC)S(C)(=O)=O. The van der Waals surface area contributed by atoms with Crippen LogP contribution in [0.25, 0.3) is 0 Å². The smallest absolute Gasteiger partial charge is 0.248 e. The van der Waals surface area contributed by atoms with Crippen LogP contribution in [0.1, 0.15) is 13.3 Å². The Bertz CT molecular complexity index is 949. The van der Waals surface area contributed by atoms with E-state index in [1.54, 1.807) is 43.3 Å². The average Bonchev–Trinajstić information content (AvgIpc) is 2.64. The number of nitrogens with one attached hydrogen (secondary N) is 1. The van der Waals surface area contributed by atoms with Crippen molar-refractivity contribution in [1.29, 1.82) is 0 Å². The molecule has 0 bridgehead atoms. The van der Waals surface area contributed by atoms with Crippen molar-refractivity contribution in [1.82, 2.24) is 0 Å². The van der Waals surface area contributed by atoms with Gasteiger partial charge in [0.1, 0.15) is 17.5 Å². The number of rotatable bonds is 8. The number of carbonyl (C=O) groups excluding carboxylic acids is 1. The van der Waals surface area contributed by atoms with E-state index in [1.165, 1.54) is 20.3 Å². The summed E-state index contributed by atoms with van der Waals surface area (Å²) in [5.74, 6) is 0.382. The molecule has 7 nitrogen and oxygen atoms in total. The summed E-state index contributed by atoms with van der Waals surface area (Å²) in [5.41, 5.74) is 0.694. The molecule has 0 aliphatic rings. The molecule has 1 unspecified atom stereocenters. The van der Waals surface area contributed by atoms with Crippen LogP contribution >= 0.6 is 11.6 Å². The monoisotopic (exact) mass is 426 g/mol. The maximum atomic E-state index is 13.0. The Balaban J connectivity index is 2.46. The van der Waals surface area contributed by atoms with Crippen molar-refractivity contribution in [2.24, 2.45) is 0 Å². The molecule has 0 spiro atoms. The number of methoxy groups -OCH3 is 2. The third kappa shape index (κ3) is 5.08. The van der Waals surface area contributed by atoms with Gasteiger partial charge in [0, 0.05) is 16.8 Å². The predicted octanol–water partition coefficient (Wildman–Crippen LogP) is 3.54. The fourth-order valence-corrected chi connectivity index (χ4v) is 4.17. The Morgan fingerprint density at radius 2 is 1.89 bits per heavy atom. The first kappa shape index (κ1) is 21.8. The molecule has 1 amide bonds. The van der Waals surface area contributed by atoms with Gasteiger partial charge in [-0.1, -0.05) is 24.6 Å². The van der Waals surface area contributed by atoms with Crippen LogP contribution in [-0.2, 0) is 14.8 Å². The molecule has 0 saturated heterocycles. The highest BCUT2D eigenvalue weighted by Crippen LogP contribution is 2.35. The van der Waals surface area contributed by atoms with E-state index in [4.69, 9.17) is 21.1 Å². The van der Waals surface area contributed by atoms with Gasteiger partial charge >= 0.3 is 0 Å². The third-order valence-corrected chi connectivity index (χ3v) is 5.45. The second-order valence-electron chi connectivity index (χ2n) is 6.02. The van der Waals surface area contributed by atoms with Crippen LogP contribution in [0.2, 0.25) is 5.02 Å². The summed E-state index contributed by atoms with van der Waals surface area (Å²) in [6.07, 6.45) is 1.27. The normalized spacial score (nSPS) is 12.2. The van der Waals surface area contributed by atoms with Gasteiger partial charge in [0.25, 0.3) is 0 Å². The number of carbonyl (C=O) groups is 1. The quantitative estimate of drug-likeness (QED) is 0.697. The van der Waals surface area contributed by atoms with E-state index in [1.807, 2.05) is 0 Å². The highest BCUT2D eigenvalue weighted by molar-refractivity contribution is 7.92. The van der Waals surface area contributed by atoms with E-state index in [0.29, 0.717) is 22.2 Å². The first-order valence-corrected chi connectivity index (χ1v) is 10.7. The predicted molar refractivity (Wildman–Crippen MR) is 111 cm³/mol. The number of hydrogen-bond acceptors (Lipinski definition) is 5. The molecule has 0 heterocycles. The zero-order valence-corrected chi connectivity index (χ0v) is 17.7. The van der Waals surface area contributed by atoms with Crippen molar-refractivity contribution >= 4 is 38.9 Å². The minimum absolute atomic E-state index is 0.199. The number of amides is 1. The van der Waals surface area contributed by atoms with Crippen LogP contribution in [0.5, 0.6) is 11.5 Å². The van der Waals surface area contributed by atoms with Gasteiger partial charge in [0.2, 0.25) is 15.9 Å². The van der Waals surface area contributed by atoms with Crippen LogP contribution in [0, 0.1) is 0 Å². The minimum atomic E-state index is -3.82. The number of anilines is 2. The van der Waals surface area contributed by atoms with Gasteiger partial charge in [-0.2, -0.15) is 0 Å². The minimum Gasteiger partial charge on any atom is -0.497 e. The molecule has 0 aliphatic heterocycles. The summed E-state index contributed by atoms with van der Waals surface area (Å²) in [5, 5.41) is 3.07. The Kier molecular flexibility index (Phi) is 7.15. The van der Waals surface area contributed by atoms with Crippen LogP contribution in [-0.4, -0.2) is 40.8 Å². The van der Waals surface area contributed by atoms with E-state index in [9.17, 15) is 13.2 Å². The molecule has 152 valence electrons. The summed E-state index contributed by atoms with van der Waals surface area (Å²) in [7, 11) is -0.878. The van der Waals surface area contributed by atoms with Crippen molar-refractivity contribution in [2.45, 2.75) is 19.4 Å². The lowest BCUT2D eigenvalue weighted by Gasteiger charge is -2.31. The molecule has 9 heteroatoms. The fourth-order valence-electron chi connectivity index (χ4n) is 2.80. The van der Waals surface area contributed by atoms with Crippen LogP contribution in [0.3, 0.4) is 0 Å². The standard InChI is InChI=1S/C19H23ClN2O5S/c1-5-16(19(23)21-14-7-6-8-15(12-14)26-2)22(28(4,24)25)17-11-13(20)9-10-18(17)27-3/h6-12,16H,5H2,1-4H3,(H,21,23). The molecule has 0 radical (unpaired) electrons. The molecule has 2 rings (SSSR count). The molecule has 1 N–H and O–H groups in total. The number of halogens is 1. The highest BCUT2D eigenvalue weighted by Gasteiger charge is 2.33. The molecule has 0 aliphatic carbocycles. The van der Waals surface area contributed by atoms with Gasteiger partial charge < -0.3 is 14.8 Å².